The molecule has 3 amide bonds. The van der Waals surface area contributed by atoms with Gasteiger partial charge in [0, 0.05) is 19.7 Å². The summed E-state index contributed by atoms with van der Waals surface area (Å²) in [6.45, 7) is 2.05. The highest BCUT2D eigenvalue weighted by Crippen LogP contribution is 2.21. The third-order valence-electron chi connectivity index (χ3n) is 4.43. The maximum atomic E-state index is 12.9. The van der Waals surface area contributed by atoms with Crippen molar-refractivity contribution in [2.24, 2.45) is 0 Å². The van der Waals surface area contributed by atoms with Crippen LogP contribution in [0.4, 0.5) is 5.82 Å². The average molecular weight is 374 g/mol. The molecular formula is C18H22N4O5. The standard InChI is InChI=1S/C18H22N4O5/c1-12-10-15(20-27-12)19-16(23)11-21(2)17(24)13-6-3-4-8-22(13)18(25)14-7-5-9-26-14/h5,7,9-10,13H,3-4,6,8,11H2,1-2H3,(H,19,20,23). The summed E-state index contributed by atoms with van der Waals surface area (Å²) >= 11 is 0. The Balaban J connectivity index is 1.63. The van der Waals surface area contributed by atoms with Crippen LogP contribution in [-0.2, 0) is 9.59 Å². The number of amides is 3. The number of hydrogen-bond donors (Lipinski definition) is 1. The molecule has 3 rings (SSSR count). The zero-order valence-electron chi connectivity index (χ0n) is 15.3. The number of furan rings is 1. The van der Waals surface area contributed by atoms with Crippen LogP contribution < -0.4 is 5.32 Å². The van der Waals surface area contributed by atoms with E-state index in [-0.39, 0.29) is 30.0 Å². The lowest BCUT2D eigenvalue weighted by atomic mass is 10.0. The number of piperidine rings is 1. The smallest absolute Gasteiger partial charge is 0.290 e. The lowest BCUT2D eigenvalue weighted by Crippen LogP contribution is -2.53. The van der Waals surface area contributed by atoms with Crippen molar-refractivity contribution in [2.75, 3.05) is 25.5 Å². The van der Waals surface area contributed by atoms with Crippen LogP contribution in [0.1, 0.15) is 35.6 Å². The molecule has 0 aromatic carbocycles. The number of carbonyl (C=O) groups excluding carboxylic acids is 3. The van der Waals surface area contributed by atoms with Crippen molar-refractivity contribution < 1.29 is 23.3 Å². The van der Waals surface area contributed by atoms with Crippen molar-refractivity contribution in [2.45, 2.75) is 32.2 Å². The molecule has 1 saturated heterocycles. The first-order valence-electron chi connectivity index (χ1n) is 8.78. The number of nitrogens with one attached hydrogen (secondary N) is 1. The van der Waals surface area contributed by atoms with E-state index in [9.17, 15) is 14.4 Å². The highest BCUT2D eigenvalue weighted by atomic mass is 16.5. The van der Waals surface area contributed by atoms with E-state index < -0.39 is 6.04 Å². The Morgan fingerprint density at radius 1 is 1.37 bits per heavy atom. The minimum atomic E-state index is -0.608. The third-order valence-corrected chi connectivity index (χ3v) is 4.43. The van der Waals surface area contributed by atoms with E-state index in [2.05, 4.69) is 10.5 Å². The Bertz CT molecular complexity index is 814. The van der Waals surface area contributed by atoms with Crippen molar-refractivity contribution in [1.82, 2.24) is 15.0 Å². The lowest BCUT2D eigenvalue weighted by molar-refractivity contribution is -0.138. The van der Waals surface area contributed by atoms with Crippen molar-refractivity contribution in [3.8, 4) is 0 Å². The van der Waals surface area contributed by atoms with Crippen molar-refractivity contribution in [3.05, 3.63) is 36.0 Å². The molecule has 2 aromatic rings. The van der Waals surface area contributed by atoms with Crippen molar-refractivity contribution >= 4 is 23.5 Å². The number of hydrogen-bond acceptors (Lipinski definition) is 6. The molecule has 0 radical (unpaired) electrons. The third kappa shape index (κ3) is 4.36. The van der Waals surface area contributed by atoms with E-state index in [4.69, 9.17) is 8.94 Å². The molecule has 0 saturated carbocycles. The predicted octanol–water partition coefficient (Wildman–Crippen LogP) is 1.67. The number of aryl methyl sites for hydroxylation is 1. The van der Waals surface area contributed by atoms with Gasteiger partial charge in [-0.05, 0) is 38.3 Å². The summed E-state index contributed by atoms with van der Waals surface area (Å²) in [5.74, 6) is 0.0973. The Morgan fingerprint density at radius 2 is 2.19 bits per heavy atom. The second-order valence-corrected chi connectivity index (χ2v) is 6.55. The second kappa shape index (κ2) is 8.07. The zero-order chi connectivity index (χ0) is 19.4. The van der Waals surface area contributed by atoms with Gasteiger partial charge < -0.3 is 24.1 Å². The normalized spacial score (nSPS) is 16.8. The van der Waals surface area contributed by atoms with Crippen LogP contribution in [0.5, 0.6) is 0 Å². The van der Waals surface area contributed by atoms with Gasteiger partial charge in [0.15, 0.2) is 11.6 Å². The fourth-order valence-electron chi connectivity index (χ4n) is 3.13. The van der Waals surface area contributed by atoms with Gasteiger partial charge in [0.2, 0.25) is 11.8 Å². The molecule has 9 nitrogen and oxygen atoms in total. The van der Waals surface area contributed by atoms with Crippen LogP contribution in [0.15, 0.2) is 33.4 Å². The number of rotatable bonds is 5. The monoisotopic (exact) mass is 374 g/mol. The van der Waals surface area contributed by atoms with E-state index in [1.807, 2.05) is 0 Å². The highest BCUT2D eigenvalue weighted by Gasteiger charge is 2.35. The topological polar surface area (TPSA) is 109 Å². The lowest BCUT2D eigenvalue weighted by Gasteiger charge is -2.36. The van der Waals surface area contributed by atoms with E-state index in [1.54, 1.807) is 32.2 Å². The van der Waals surface area contributed by atoms with E-state index in [0.717, 1.165) is 12.8 Å². The molecular weight excluding hydrogens is 352 g/mol. The first-order valence-corrected chi connectivity index (χ1v) is 8.78. The number of aromatic nitrogens is 1. The second-order valence-electron chi connectivity index (χ2n) is 6.55. The van der Waals surface area contributed by atoms with Gasteiger partial charge >= 0.3 is 0 Å². The number of nitrogens with zero attached hydrogens (tertiary/aromatic N) is 3. The van der Waals surface area contributed by atoms with Gasteiger partial charge in [-0.3, -0.25) is 14.4 Å². The summed E-state index contributed by atoms with van der Waals surface area (Å²) in [6, 6.07) is 4.19. The molecule has 0 bridgehead atoms. The average Bonchev–Trinajstić information content (AvgIpc) is 3.32. The number of anilines is 1. The summed E-state index contributed by atoms with van der Waals surface area (Å²) in [5.41, 5.74) is 0. The SMILES string of the molecule is Cc1cc(NC(=O)CN(C)C(=O)C2CCCCN2C(=O)c2ccco2)no1. The van der Waals surface area contributed by atoms with Crippen molar-refractivity contribution in [1.29, 1.82) is 0 Å². The van der Waals surface area contributed by atoms with Crippen molar-refractivity contribution in [3.63, 3.8) is 0 Å². The zero-order valence-corrected chi connectivity index (χ0v) is 15.3. The van der Waals surface area contributed by atoms with Gasteiger partial charge in [0.05, 0.1) is 12.8 Å². The Labute approximate surface area is 156 Å². The first-order chi connectivity index (χ1) is 13.0. The maximum absolute atomic E-state index is 12.9. The quantitative estimate of drug-likeness (QED) is 0.853. The summed E-state index contributed by atoms with van der Waals surface area (Å²) in [5, 5.41) is 6.26. The molecule has 1 unspecified atom stereocenters. The Hall–Kier alpha value is -3.10. The van der Waals surface area contributed by atoms with Gasteiger partial charge in [0.1, 0.15) is 11.8 Å². The molecule has 144 valence electrons. The minimum Gasteiger partial charge on any atom is -0.459 e. The molecule has 2 aromatic heterocycles. The van der Waals surface area contributed by atoms with Gasteiger partial charge in [-0.25, -0.2) is 0 Å². The molecule has 1 aliphatic rings. The van der Waals surface area contributed by atoms with Crippen LogP contribution in [0.25, 0.3) is 0 Å². The highest BCUT2D eigenvalue weighted by molar-refractivity contribution is 5.97. The van der Waals surface area contributed by atoms with Crippen LogP contribution in [0.3, 0.4) is 0 Å². The molecule has 1 fully saturated rings. The molecule has 27 heavy (non-hydrogen) atoms. The Kier molecular flexibility index (Phi) is 5.58. The van der Waals surface area contributed by atoms with Gasteiger partial charge in [-0.2, -0.15) is 0 Å². The molecule has 1 N–H and O–H groups in total. The van der Waals surface area contributed by atoms with Crippen LogP contribution in [0.2, 0.25) is 0 Å². The number of carbonyl (C=O) groups is 3. The molecule has 9 heteroatoms. The summed E-state index contributed by atoms with van der Waals surface area (Å²) in [4.78, 5) is 40.5. The fraction of sp³-hybridized carbons (Fsp3) is 0.444. The molecule has 1 atom stereocenters. The largest absolute Gasteiger partial charge is 0.459 e. The fourth-order valence-corrected chi connectivity index (χ4v) is 3.13. The van der Waals surface area contributed by atoms with Crippen LogP contribution >= 0.6 is 0 Å². The molecule has 0 spiro atoms. The van der Waals surface area contributed by atoms with E-state index in [1.165, 1.54) is 16.1 Å². The molecule has 0 aliphatic carbocycles. The van der Waals surface area contributed by atoms with Gasteiger partial charge in [-0.1, -0.05) is 5.16 Å². The van der Waals surface area contributed by atoms with E-state index >= 15 is 0 Å². The first kappa shape index (κ1) is 18.7. The molecule has 3 heterocycles. The number of likely N-dealkylation sites (tertiary alicyclic amines) is 1. The molecule has 1 aliphatic heterocycles. The van der Waals surface area contributed by atoms with Gasteiger partial charge in [0.25, 0.3) is 5.91 Å². The van der Waals surface area contributed by atoms with Gasteiger partial charge in [-0.15, -0.1) is 0 Å². The number of likely N-dealkylation sites (N-methyl/N-ethyl adjacent to an activating group) is 1. The maximum Gasteiger partial charge on any atom is 0.290 e. The predicted molar refractivity (Wildman–Crippen MR) is 94.9 cm³/mol. The summed E-state index contributed by atoms with van der Waals surface area (Å²) in [7, 11) is 1.54. The summed E-state index contributed by atoms with van der Waals surface area (Å²) in [6.07, 6.45) is 3.65. The van der Waals surface area contributed by atoms with Crippen LogP contribution in [0, 0.1) is 6.92 Å². The van der Waals surface area contributed by atoms with E-state index in [0.29, 0.717) is 24.5 Å². The van der Waals surface area contributed by atoms with Crippen LogP contribution in [-0.4, -0.2) is 58.9 Å². The minimum absolute atomic E-state index is 0.149. The Morgan fingerprint density at radius 3 is 2.85 bits per heavy atom. The summed E-state index contributed by atoms with van der Waals surface area (Å²) < 4.78 is 10.1.